The third-order valence-corrected chi connectivity index (χ3v) is 5.23. The Morgan fingerprint density at radius 1 is 1.04 bits per heavy atom. The number of aromatic hydroxyl groups is 1. The number of phenolic OH excluding ortho intramolecular Hbond substituents is 1. The molecule has 1 aliphatic rings. The molecule has 1 aliphatic carbocycles. The Morgan fingerprint density at radius 2 is 1.78 bits per heavy atom. The van der Waals surface area contributed by atoms with Crippen LogP contribution >= 0.6 is 0 Å². The number of hydrogen-bond acceptors (Lipinski definition) is 3. The van der Waals surface area contributed by atoms with Crippen LogP contribution in [-0.4, -0.2) is 14.7 Å². The molecule has 27 heavy (non-hydrogen) atoms. The SMILES string of the molecule is CCCc1ccc(-n2c(-c3ccccc3O)nc3c(c2=O)CCCC3)cc1. The predicted molar refractivity (Wildman–Crippen MR) is 108 cm³/mol. The molecule has 1 heterocycles. The summed E-state index contributed by atoms with van der Waals surface area (Å²) in [7, 11) is 0. The number of benzene rings is 2. The van der Waals surface area contributed by atoms with E-state index < -0.39 is 0 Å². The highest BCUT2D eigenvalue weighted by Crippen LogP contribution is 2.30. The van der Waals surface area contributed by atoms with Gasteiger partial charge in [0.1, 0.15) is 5.75 Å². The molecule has 1 aromatic heterocycles. The van der Waals surface area contributed by atoms with E-state index in [-0.39, 0.29) is 11.3 Å². The molecule has 4 heteroatoms. The molecular formula is C23H24N2O2. The fraction of sp³-hybridized carbons (Fsp3) is 0.304. The highest BCUT2D eigenvalue weighted by molar-refractivity contribution is 5.66. The first-order valence-corrected chi connectivity index (χ1v) is 9.71. The van der Waals surface area contributed by atoms with Gasteiger partial charge in [-0.15, -0.1) is 0 Å². The van der Waals surface area contributed by atoms with E-state index in [2.05, 4.69) is 19.1 Å². The maximum absolute atomic E-state index is 13.4. The van der Waals surface area contributed by atoms with Gasteiger partial charge in [0.25, 0.3) is 5.56 Å². The Morgan fingerprint density at radius 3 is 2.52 bits per heavy atom. The van der Waals surface area contributed by atoms with Crippen molar-refractivity contribution in [1.29, 1.82) is 0 Å². The highest BCUT2D eigenvalue weighted by atomic mass is 16.3. The number of phenols is 1. The highest BCUT2D eigenvalue weighted by Gasteiger charge is 2.22. The Bertz CT molecular complexity index is 1020. The van der Waals surface area contributed by atoms with Gasteiger partial charge in [-0.05, 0) is 61.9 Å². The van der Waals surface area contributed by atoms with Gasteiger partial charge in [-0.2, -0.15) is 0 Å². The second-order valence-electron chi connectivity index (χ2n) is 7.14. The standard InChI is InChI=1S/C23H24N2O2/c1-2-7-16-12-14-17(15-13-16)25-22(19-9-4-6-11-21(19)26)24-20-10-5-3-8-18(20)23(25)27/h4,6,9,11-15,26H,2-3,5,7-8,10H2,1H3. The average molecular weight is 360 g/mol. The molecule has 4 nitrogen and oxygen atoms in total. The van der Waals surface area contributed by atoms with Crippen molar-refractivity contribution >= 4 is 0 Å². The van der Waals surface area contributed by atoms with Crippen LogP contribution in [0.5, 0.6) is 5.75 Å². The molecule has 138 valence electrons. The van der Waals surface area contributed by atoms with E-state index in [1.165, 1.54) is 5.56 Å². The molecule has 2 aromatic carbocycles. The quantitative estimate of drug-likeness (QED) is 0.748. The predicted octanol–water partition coefficient (Wildman–Crippen LogP) is 4.44. The molecule has 0 fully saturated rings. The van der Waals surface area contributed by atoms with Gasteiger partial charge in [0.05, 0.1) is 16.9 Å². The van der Waals surface area contributed by atoms with Crippen molar-refractivity contribution in [3.05, 3.63) is 75.7 Å². The lowest BCUT2D eigenvalue weighted by atomic mass is 9.96. The smallest absolute Gasteiger partial charge is 0.261 e. The van der Waals surface area contributed by atoms with E-state index in [1.54, 1.807) is 16.7 Å². The van der Waals surface area contributed by atoms with Crippen molar-refractivity contribution in [3.8, 4) is 22.8 Å². The minimum absolute atomic E-state index is 0.0128. The van der Waals surface area contributed by atoms with Crippen LogP contribution in [0, 0.1) is 0 Å². The Kier molecular flexibility index (Phi) is 4.80. The summed E-state index contributed by atoms with van der Waals surface area (Å²) >= 11 is 0. The largest absolute Gasteiger partial charge is 0.507 e. The number of rotatable bonds is 4. The summed E-state index contributed by atoms with van der Waals surface area (Å²) in [6, 6.07) is 15.2. The van der Waals surface area contributed by atoms with E-state index in [4.69, 9.17) is 4.98 Å². The molecule has 0 radical (unpaired) electrons. The first-order chi connectivity index (χ1) is 13.2. The topological polar surface area (TPSA) is 55.1 Å². The number of aryl methyl sites for hydroxylation is 2. The lowest BCUT2D eigenvalue weighted by Crippen LogP contribution is -2.29. The monoisotopic (exact) mass is 360 g/mol. The van der Waals surface area contributed by atoms with E-state index in [0.29, 0.717) is 11.4 Å². The van der Waals surface area contributed by atoms with Crippen LogP contribution in [-0.2, 0) is 19.3 Å². The van der Waals surface area contributed by atoms with Crippen LogP contribution in [0.25, 0.3) is 17.1 Å². The Balaban J connectivity index is 1.96. The molecule has 0 bridgehead atoms. The minimum atomic E-state index is -0.0128. The maximum Gasteiger partial charge on any atom is 0.261 e. The zero-order chi connectivity index (χ0) is 18.8. The molecule has 0 spiro atoms. The molecule has 1 N–H and O–H groups in total. The van der Waals surface area contributed by atoms with E-state index >= 15 is 0 Å². The fourth-order valence-corrected chi connectivity index (χ4v) is 3.84. The average Bonchev–Trinajstić information content (AvgIpc) is 2.69. The zero-order valence-corrected chi connectivity index (χ0v) is 15.6. The van der Waals surface area contributed by atoms with Gasteiger partial charge in [-0.1, -0.05) is 37.6 Å². The third kappa shape index (κ3) is 3.27. The summed E-state index contributed by atoms with van der Waals surface area (Å²) in [5, 5.41) is 10.4. The molecule has 4 rings (SSSR count). The lowest BCUT2D eigenvalue weighted by Gasteiger charge is -2.20. The summed E-state index contributed by atoms with van der Waals surface area (Å²) in [4.78, 5) is 18.2. The third-order valence-electron chi connectivity index (χ3n) is 5.23. The van der Waals surface area contributed by atoms with Crippen molar-refractivity contribution < 1.29 is 5.11 Å². The molecule has 0 unspecified atom stereocenters. The van der Waals surface area contributed by atoms with Crippen LogP contribution in [0.1, 0.15) is 43.0 Å². The first kappa shape index (κ1) is 17.5. The lowest BCUT2D eigenvalue weighted by molar-refractivity contribution is 0.476. The van der Waals surface area contributed by atoms with E-state index in [1.807, 2.05) is 24.3 Å². The van der Waals surface area contributed by atoms with E-state index in [0.717, 1.165) is 55.5 Å². The van der Waals surface area contributed by atoms with Crippen molar-refractivity contribution in [2.45, 2.75) is 45.4 Å². The van der Waals surface area contributed by atoms with Gasteiger partial charge in [0, 0.05) is 5.56 Å². The van der Waals surface area contributed by atoms with Crippen LogP contribution in [0.3, 0.4) is 0 Å². The fourth-order valence-electron chi connectivity index (χ4n) is 3.84. The summed E-state index contributed by atoms with van der Waals surface area (Å²) in [5.74, 6) is 0.651. The number of nitrogens with zero attached hydrogens (tertiary/aromatic N) is 2. The van der Waals surface area contributed by atoms with Crippen LogP contribution < -0.4 is 5.56 Å². The summed E-state index contributed by atoms with van der Waals surface area (Å²) in [5.41, 5.74) is 4.31. The van der Waals surface area contributed by atoms with Crippen LogP contribution in [0.4, 0.5) is 0 Å². The molecular weight excluding hydrogens is 336 g/mol. The van der Waals surface area contributed by atoms with Crippen molar-refractivity contribution in [2.24, 2.45) is 0 Å². The summed E-state index contributed by atoms with van der Waals surface area (Å²) in [6.07, 6.45) is 5.77. The normalized spacial score (nSPS) is 13.4. The number of para-hydroxylation sites is 1. The Labute approximate surface area is 159 Å². The van der Waals surface area contributed by atoms with E-state index in [9.17, 15) is 9.90 Å². The zero-order valence-electron chi connectivity index (χ0n) is 15.6. The number of hydrogen-bond donors (Lipinski definition) is 1. The van der Waals surface area contributed by atoms with Gasteiger partial charge in [-0.3, -0.25) is 9.36 Å². The van der Waals surface area contributed by atoms with Gasteiger partial charge < -0.3 is 5.11 Å². The second kappa shape index (κ2) is 7.39. The van der Waals surface area contributed by atoms with Crippen molar-refractivity contribution in [2.75, 3.05) is 0 Å². The number of fused-ring (bicyclic) bond motifs is 1. The molecule has 3 aromatic rings. The molecule has 0 atom stereocenters. The van der Waals surface area contributed by atoms with Gasteiger partial charge in [0.2, 0.25) is 0 Å². The Hall–Kier alpha value is -2.88. The van der Waals surface area contributed by atoms with Crippen molar-refractivity contribution in [3.63, 3.8) is 0 Å². The second-order valence-corrected chi connectivity index (χ2v) is 7.14. The van der Waals surface area contributed by atoms with Gasteiger partial charge in [-0.25, -0.2) is 4.98 Å². The molecule has 0 saturated carbocycles. The number of aromatic nitrogens is 2. The minimum Gasteiger partial charge on any atom is -0.507 e. The van der Waals surface area contributed by atoms with Crippen molar-refractivity contribution in [1.82, 2.24) is 9.55 Å². The van der Waals surface area contributed by atoms with Crippen LogP contribution in [0.15, 0.2) is 53.3 Å². The summed E-state index contributed by atoms with van der Waals surface area (Å²) < 4.78 is 1.66. The maximum atomic E-state index is 13.4. The molecule has 0 amide bonds. The van der Waals surface area contributed by atoms with Gasteiger partial charge in [0.15, 0.2) is 5.82 Å². The van der Waals surface area contributed by atoms with Crippen LogP contribution in [0.2, 0.25) is 0 Å². The summed E-state index contributed by atoms with van der Waals surface area (Å²) in [6.45, 7) is 2.15. The molecule has 0 aliphatic heterocycles. The van der Waals surface area contributed by atoms with Gasteiger partial charge >= 0.3 is 0 Å². The first-order valence-electron chi connectivity index (χ1n) is 9.71. The molecule has 0 saturated heterocycles.